The minimum atomic E-state index is -0.127. The first-order valence-corrected chi connectivity index (χ1v) is 6.82. The Labute approximate surface area is 99.8 Å². The van der Waals surface area contributed by atoms with Crippen molar-refractivity contribution in [1.29, 1.82) is 0 Å². The van der Waals surface area contributed by atoms with Gasteiger partial charge >= 0.3 is 0 Å². The minimum absolute atomic E-state index is 0.127. The Morgan fingerprint density at radius 1 is 1.44 bits per heavy atom. The van der Waals surface area contributed by atoms with Crippen molar-refractivity contribution in [2.24, 2.45) is 0 Å². The van der Waals surface area contributed by atoms with Crippen molar-refractivity contribution < 1.29 is 9.47 Å². The molecule has 1 N–H and O–H groups in total. The summed E-state index contributed by atoms with van der Waals surface area (Å²) in [4.78, 5) is 0. The molecule has 16 heavy (non-hydrogen) atoms. The minimum Gasteiger partial charge on any atom is -0.378 e. The molecular formula is C12H17NO2S. The Morgan fingerprint density at radius 3 is 3.19 bits per heavy atom. The van der Waals surface area contributed by atoms with Gasteiger partial charge in [-0.05, 0) is 35.2 Å². The van der Waals surface area contributed by atoms with Crippen LogP contribution in [-0.2, 0) is 9.47 Å². The fourth-order valence-corrected chi connectivity index (χ4v) is 3.41. The lowest BCUT2D eigenvalue weighted by molar-refractivity contribution is -0.165. The molecule has 2 unspecified atom stereocenters. The highest BCUT2D eigenvalue weighted by Crippen LogP contribution is 2.38. The standard InChI is InChI=1S/C12H17NO2S/c1-3-12(9-14-5-1)11(13-4-6-15-12)10-2-7-16-8-10/h2,7-8,11,13H,1,3-6,9H2. The lowest BCUT2D eigenvalue weighted by atomic mass is 9.84. The zero-order valence-electron chi connectivity index (χ0n) is 9.28. The van der Waals surface area contributed by atoms with Gasteiger partial charge in [0.2, 0.25) is 0 Å². The molecule has 2 atom stereocenters. The first-order chi connectivity index (χ1) is 7.91. The van der Waals surface area contributed by atoms with E-state index in [-0.39, 0.29) is 5.60 Å². The number of thiophene rings is 1. The van der Waals surface area contributed by atoms with Crippen LogP contribution in [-0.4, -0.2) is 32.0 Å². The number of rotatable bonds is 1. The molecule has 2 fully saturated rings. The van der Waals surface area contributed by atoms with Gasteiger partial charge in [0.05, 0.1) is 19.3 Å². The predicted molar refractivity (Wildman–Crippen MR) is 63.8 cm³/mol. The lowest BCUT2D eigenvalue weighted by Gasteiger charge is -2.46. The Morgan fingerprint density at radius 2 is 2.44 bits per heavy atom. The second-order valence-corrected chi connectivity index (χ2v) is 5.29. The maximum absolute atomic E-state index is 6.06. The summed E-state index contributed by atoms with van der Waals surface area (Å²) in [5.74, 6) is 0. The molecular weight excluding hydrogens is 222 g/mol. The molecule has 3 rings (SSSR count). The molecule has 2 aliphatic heterocycles. The molecule has 0 saturated carbocycles. The molecule has 0 aliphatic carbocycles. The Hall–Kier alpha value is -0.420. The van der Waals surface area contributed by atoms with Crippen LogP contribution in [0.15, 0.2) is 16.8 Å². The highest BCUT2D eigenvalue weighted by Gasteiger charge is 2.44. The van der Waals surface area contributed by atoms with Crippen LogP contribution in [0.2, 0.25) is 0 Å². The normalized spacial score (nSPS) is 35.4. The van der Waals surface area contributed by atoms with E-state index in [9.17, 15) is 0 Å². The summed E-state index contributed by atoms with van der Waals surface area (Å²) in [6.07, 6.45) is 2.20. The van der Waals surface area contributed by atoms with Crippen molar-refractivity contribution in [3.05, 3.63) is 22.4 Å². The quantitative estimate of drug-likeness (QED) is 0.812. The van der Waals surface area contributed by atoms with Gasteiger partial charge in [-0.1, -0.05) is 0 Å². The van der Waals surface area contributed by atoms with Crippen LogP contribution in [0.1, 0.15) is 24.4 Å². The van der Waals surface area contributed by atoms with Crippen molar-refractivity contribution >= 4 is 11.3 Å². The van der Waals surface area contributed by atoms with E-state index in [2.05, 4.69) is 22.1 Å². The van der Waals surface area contributed by atoms with Gasteiger partial charge in [0, 0.05) is 13.2 Å². The largest absolute Gasteiger partial charge is 0.378 e. The van der Waals surface area contributed by atoms with Crippen LogP contribution in [0.25, 0.3) is 0 Å². The number of ether oxygens (including phenoxy) is 2. The van der Waals surface area contributed by atoms with E-state index in [1.807, 2.05) is 0 Å². The van der Waals surface area contributed by atoms with Gasteiger partial charge in [0.15, 0.2) is 0 Å². The van der Waals surface area contributed by atoms with E-state index in [0.29, 0.717) is 6.04 Å². The second kappa shape index (κ2) is 4.45. The summed E-state index contributed by atoms with van der Waals surface area (Å²) >= 11 is 1.74. The van der Waals surface area contributed by atoms with E-state index >= 15 is 0 Å². The van der Waals surface area contributed by atoms with Gasteiger partial charge in [-0.15, -0.1) is 0 Å². The van der Waals surface area contributed by atoms with Gasteiger partial charge in [0.25, 0.3) is 0 Å². The lowest BCUT2D eigenvalue weighted by Crippen LogP contribution is -2.56. The predicted octanol–water partition coefficient (Wildman–Crippen LogP) is 1.96. The zero-order valence-corrected chi connectivity index (χ0v) is 10.1. The second-order valence-electron chi connectivity index (χ2n) is 4.51. The maximum atomic E-state index is 6.06. The summed E-state index contributed by atoms with van der Waals surface area (Å²) < 4.78 is 11.7. The van der Waals surface area contributed by atoms with Crippen LogP contribution in [0, 0.1) is 0 Å². The van der Waals surface area contributed by atoms with Gasteiger partial charge in [-0.25, -0.2) is 0 Å². The third kappa shape index (κ3) is 1.80. The smallest absolute Gasteiger partial charge is 0.111 e. The highest BCUT2D eigenvalue weighted by molar-refractivity contribution is 7.07. The van der Waals surface area contributed by atoms with Gasteiger partial charge in [-0.3, -0.25) is 0 Å². The van der Waals surface area contributed by atoms with Crippen molar-refractivity contribution in [2.45, 2.75) is 24.5 Å². The maximum Gasteiger partial charge on any atom is 0.111 e. The molecule has 3 nitrogen and oxygen atoms in total. The van der Waals surface area contributed by atoms with Crippen LogP contribution in [0.4, 0.5) is 0 Å². The fourth-order valence-electron chi connectivity index (χ4n) is 2.72. The molecule has 2 saturated heterocycles. The van der Waals surface area contributed by atoms with Crippen molar-refractivity contribution in [3.63, 3.8) is 0 Å². The number of nitrogens with one attached hydrogen (secondary N) is 1. The third-order valence-electron chi connectivity index (χ3n) is 3.48. The number of morpholine rings is 1. The Bertz CT molecular complexity index is 325. The molecule has 0 bridgehead atoms. The molecule has 1 aromatic rings. The van der Waals surface area contributed by atoms with Crippen molar-refractivity contribution in [2.75, 3.05) is 26.4 Å². The van der Waals surface area contributed by atoms with Gasteiger partial charge in [0.1, 0.15) is 5.60 Å². The molecule has 1 aromatic heterocycles. The van der Waals surface area contributed by atoms with E-state index in [1.54, 1.807) is 11.3 Å². The van der Waals surface area contributed by atoms with Crippen LogP contribution in [0.3, 0.4) is 0 Å². The average molecular weight is 239 g/mol. The number of hydrogen-bond donors (Lipinski definition) is 1. The Balaban J connectivity index is 1.88. The molecule has 88 valence electrons. The average Bonchev–Trinajstić information content (AvgIpc) is 2.84. The zero-order chi connectivity index (χ0) is 10.8. The van der Waals surface area contributed by atoms with Crippen molar-refractivity contribution in [3.8, 4) is 0 Å². The van der Waals surface area contributed by atoms with E-state index < -0.39 is 0 Å². The molecule has 0 aromatic carbocycles. The first-order valence-electron chi connectivity index (χ1n) is 5.88. The first kappa shape index (κ1) is 10.7. The molecule has 3 heterocycles. The molecule has 0 radical (unpaired) electrons. The molecule has 4 heteroatoms. The monoisotopic (exact) mass is 239 g/mol. The summed E-state index contributed by atoms with van der Waals surface area (Å²) in [7, 11) is 0. The van der Waals surface area contributed by atoms with Crippen LogP contribution in [0.5, 0.6) is 0 Å². The molecule has 0 amide bonds. The fraction of sp³-hybridized carbons (Fsp3) is 0.667. The summed E-state index contributed by atoms with van der Waals surface area (Å²) in [5.41, 5.74) is 1.22. The summed E-state index contributed by atoms with van der Waals surface area (Å²) in [6.45, 7) is 3.33. The van der Waals surface area contributed by atoms with E-state index in [4.69, 9.17) is 9.47 Å². The van der Waals surface area contributed by atoms with Crippen LogP contribution < -0.4 is 5.32 Å². The van der Waals surface area contributed by atoms with E-state index in [1.165, 1.54) is 5.56 Å². The van der Waals surface area contributed by atoms with Crippen LogP contribution >= 0.6 is 11.3 Å². The topological polar surface area (TPSA) is 30.5 Å². The molecule has 2 aliphatic rings. The third-order valence-corrected chi connectivity index (χ3v) is 4.18. The highest BCUT2D eigenvalue weighted by atomic mass is 32.1. The number of hydrogen-bond acceptors (Lipinski definition) is 4. The van der Waals surface area contributed by atoms with E-state index in [0.717, 1.165) is 39.2 Å². The van der Waals surface area contributed by atoms with Crippen molar-refractivity contribution in [1.82, 2.24) is 5.32 Å². The van der Waals surface area contributed by atoms with Gasteiger partial charge < -0.3 is 14.8 Å². The van der Waals surface area contributed by atoms with Gasteiger partial charge in [-0.2, -0.15) is 11.3 Å². The molecule has 1 spiro atoms. The SMILES string of the molecule is c1cc(C2NCCOC23CCCOC3)cs1. The summed E-state index contributed by atoms with van der Waals surface area (Å²) in [5, 5.41) is 7.92. The Kier molecular flexibility index (Phi) is 2.98. The summed E-state index contributed by atoms with van der Waals surface area (Å²) in [6, 6.07) is 2.49.